The highest BCUT2D eigenvalue weighted by molar-refractivity contribution is 7.92. The molecule has 162 valence electrons. The molecule has 0 aliphatic heterocycles. The normalized spacial score (nSPS) is 12.2. The molecular weight excluding hydrogens is 423 g/mol. The topological polar surface area (TPSA) is 82.8 Å². The second kappa shape index (κ2) is 9.18. The van der Waals surface area contributed by atoms with Crippen LogP contribution in [0.15, 0.2) is 72.1 Å². The molecule has 0 aliphatic carbocycles. The maximum Gasteiger partial charge on any atom is 0.342 e. The lowest BCUT2D eigenvalue weighted by atomic mass is 9.94. The largest absolute Gasteiger partial charge is 0.495 e. The molecule has 0 radical (unpaired) electrons. The van der Waals surface area contributed by atoms with Gasteiger partial charge in [-0.05, 0) is 29.3 Å². The van der Waals surface area contributed by atoms with E-state index in [-0.39, 0.29) is 28.2 Å². The van der Waals surface area contributed by atoms with Crippen molar-refractivity contribution in [2.24, 2.45) is 0 Å². The third-order valence-corrected chi connectivity index (χ3v) is 6.70. The van der Waals surface area contributed by atoms with Crippen LogP contribution in [0.4, 0.5) is 4.39 Å². The first-order chi connectivity index (χ1) is 14.8. The minimum absolute atomic E-state index is 0.0643. The van der Waals surface area contributed by atoms with Crippen molar-refractivity contribution >= 4 is 15.8 Å². The molecule has 0 aliphatic rings. The maximum absolute atomic E-state index is 14.0. The predicted molar refractivity (Wildman–Crippen MR) is 114 cm³/mol. The number of sulfone groups is 1. The van der Waals surface area contributed by atoms with Gasteiger partial charge in [0.25, 0.3) is 0 Å². The number of esters is 1. The summed E-state index contributed by atoms with van der Waals surface area (Å²) >= 11 is 0. The quantitative estimate of drug-likeness (QED) is 0.374. The van der Waals surface area contributed by atoms with Crippen molar-refractivity contribution in [1.29, 1.82) is 0 Å². The molecule has 0 N–H and O–H groups in total. The molecule has 3 rings (SSSR count). The van der Waals surface area contributed by atoms with E-state index in [9.17, 15) is 17.6 Å². The standard InChI is InChI=1S/C23H21FO6S/c1-4-12-31(26,27)22(15-6-5-7-17(24)13-15)19-9-8-18(16-10-11-30-14-16)21(28-2)20(19)23(25)29-3/h4-11,13-14,22H,1,12H2,2-3H3. The molecule has 0 bridgehead atoms. The molecule has 0 spiro atoms. The molecule has 1 heterocycles. The smallest absolute Gasteiger partial charge is 0.342 e. The molecule has 6 nitrogen and oxygen atoms in total. The highest BCUT2D eigenvalue weighted by Gasteiger charge is 2.35. The summed E-state index contributed by atoms with van der Waals surface area (Å²) in [4.78, 5) is 12.8. The van der Waals surface area contributed by atoms with Crippen LogP contribution in [0.2, 0.25) is 0 Å². The Balaban J connectivity index is 2.38. The van der Waals surface area contributed by atoms with E-state index in [4.69, 9.17) is 13.9 Å². The molecule has 8 heteroatoms. The van der Waals surface area contributed by atoms with Gasteiger partial charge in [0.05, 0.1) is 32.5 Å². The van der Waals surface area contributed by atoms with Crippen molar-refractivity contribution in [1.82, 2.24) is 0 Å². The summed E-state index contributed by atoms with van der Waals surface area (Å²) in [6.07, 6.45) is 4.18. The van der Waals surface area contributed by atoms with Gasteiger partial charge in [0.2, 0.25) is 0 Å². The zero-order valence-electron chi connectivity index (χ0n) is 17.0. The average molecular weight is 444 g/mol. The van der Waals surface area contributed by atoms with Crippen LogP contribution in [0.25, 0.3) is 11.1 Å². The average Bonchev–Trinajstić information content (AvgIpc) is 3.27. The Bertz CT molecular complexity index is 1200. The number of methoxy groups -OCH3 is 2. The first kappa shape index (κ1) is 22.3. The van der Waals surface area contributed by atoms with Gasteiger partial charge in [0, 0.05) is 11.1 Å². The van der Waals surface area contributed by atoms with Crippen molar-refractivity contribution in [3.05, 3.63) is 90.2 Å². The van der Waals surface area contributed by atoms with Crippen molar-refractivity contribution < 1.29 is 31.5 Å². The van der Waals surface area contributed by atoms with E-state index < -0.39 is 26.9 Å². The summed E-state index contributed by atoms with van der Waals surface area (Å²) in [5.74, 6) is -1.63. The number of hydrogen-bond donors (Lipinski definition) is 0. The fourth-order valence-electron chi connectivity index (χ4n) is 3.50. The summed E-state index contributed by atoms with van der Waals surface area (Å²) in [6, 6.07) is 10.1. The van der Waals surface area contributed by atoms with E-state index in [2.05, 4.69) is 6.58 Å². The van der Waals surface area contributed by atoms with Crippen LogP contribution in [-0.2, 0) is 14.6 Å². The number of benzene rings is 2. The Morgan fingerprint density at radius 3 is 2.58 bits per heavy atom. The van der Waals surface area contributed by atoms with Gasteiger partial charge in [-0.25, -0.2) is 17.6 Å². The minimum atomic E-state index is -3.92. The lowest BCUT2D eigenvalue weighted by Crippen LogP contribution is -2.21. The second-order valence-electron chi connectivity index (χ2n) is 6.67. The monoisotopic (exact) mass is 444 g/mol. The van der Waals surface area contributed by atoms with Crippen LogP contribution in [0.5, 0.6) is 5.75 Å². The zero-order valence-corrected chi connectivity index (χ0v) is 17.8. The molecule has 0 amide bonds. The Hall–Kier alpha value is -3.39. The van der Waals surface area contributed by atoms with E-state index in [0.29, 0.717) is 11.1 Å². The fraction of sp³-hybridized carbons (Fsp3) is 0.174. The van der Waals surface area contributed by atoms with Crippen LogP contribution in [0, 0.1) is 5.82 Å². The highest BCUT2D eigenvalue weighted by Crippen LogP contribution is 2.42. The number of hydrogen-bond acceptors (Lipinski definition) is 6. The first-order valence-electron chi connectivity index (χ1n) is 9.23. The maximum atomic E-state index is 14.0. The van der Waals surface area contributed by atoms with Crippen LogP contribution < -0.4 is 4.74 Å². The third kappa shape index (κ3) is 4.39. The van der Waals surface area contributed by atoms with Crippen molar-refractivity contribution in [2.45, 2.75) is 5.25 Å². The minimum Gasteiger partial charge on any atom is -0.495 e. The molecule has 0 fully saturated rings. The van der Waals surface area contributed by atoms with Crippen LogP contribution in [-0.4, -0.2) is 34.4 Å². The lowest BCUT2D eigenvalue weighted by molar-refractivity contribution is 0.0596. The summed E-state index contributed by atoms with van der Waals surface area (Å²) in [5, 5.41) is -1.34. The third-order valence-electron chi connectivity index (χ3n) is 4.76. The van der Waals surface area contributed by atoms with E-state index in [0.717, 1.165) is 6.07 Å². The van der Waals surface area contributed by atoms with Gasteiger partial charge in [-0.3, -0.25) is 0 Å². The van der Waals surface area contributed by atoms with Gasteiger partial charge in [-0.2, -0.15) is 0 Å². The Kier molecular flexibility index (Phi) is 6.60. The van der Waals surface area contributed by atoms with E-state index in [1.54, 1.807) is 12.1 Å². The van der Waals surface area contributed by atoms with Gasteiger partial charge < -0.3 is 13.9 Å². The second-order valence-corrected chi connectivity index (χ2v) is 8.80. The van der Waals surface area contributed by atoms with Gasteiger partial charge in [-0.1, -0.05) is 30.3 Å². The zero-order chi connectivity index (χ0) is 22.6. The Morgan fingerprint density at radius 1 is 1.23 bits per heavy atom. The highest BCUT2D eigenvalue weighted by atomic mass is 32.2. The first-order valence-corrected chi connectivity index (χ1v) is 10.9. The van der Waals surface area contributed by atoms with Gasteiger partial charge in [-0.15, -0.1) is 6.58 Å². The summed E-state index contributed by atoms with van der Waals surface area (Å²) in [6.45, 7) is 3.51. The van der Waals surface area contributed by atoms with Crippen molar-refractivity contribution in [3.63, 3.8) is 0 Å². The fourth-order valence-corrected chi connectivity index (χ4v) is 5.16. The SMILES string of the molecule is C=CCS(=O)(=O)C(c1cccc(F)c1)c1ccc(-c2ccoc2)c(OC)c1C(=O)OC. The van der Waals surface area contributed by atoms with Crippen LogP contribution >= 0.6 is 0 Å². The molecule has 1 aromatic heterocycles. The van der Waals surface area contributed by atoms with Crippen molar-refractivity contribution in [2.75, 3.05) is 20.0 Å². The molecule has 1 atom stereocenters. The molecule has 2 aromatic carbocycles. The summed E-state index contributed by atoms with van der Waals surface area (Å²) in [5.41, 5.74) is 1.36. The molecule has 3 aromatic rings. The van der Waals surface area contributed by atoms with Gasteiger partial charge >= 0.3 is 5.97 Å². The van der Waals surface area contributed by atoms with E-state index in [1.807, 2.05) is 0 Å². The Labute approximate surface area is 179 Å². The van der Waals surface area contributed by atoms with Gasteiger partial charge in [0.1, 0.15) is 22.4 Å². The molecule has 31 heavy (non-hydrogen) atoms. The number of ether oxygens (including phenoxy) is 2. The number of rotatable bonds is 8. The van der Waals surface area contributed by atoms with Crippen molar-refractivity contribution in [3.8, 4) is 16.9 Å². The summed E-state index contributed by atoms with van der Waals surface area (Å²) in [7, 11) is -1.37. The predicted octanol–water partition coefficient (Wildman–Crippen LogP) is 4.57. The molecular formula is C23H21FO6S. The molecule has 0 saturated carbocycles. The Morgan fingerprint density at radius 2 is 2.00 bits per heavy atom. The molecule has 0 saturated heterocycles. The number of carbonyl (C=O) groups is 1. The van der Waals surface area contributed by atoms with Crippen LogP contribution in [0.3, 0.4) is 0 Å². The van der Waals surface area contributed by atoms with Crippen LogP contribution in [0.1, 0.15) is 26.7 Å². The lowest BCUT2D eigenvalue weighted by Gasteiger charge is -2.23. The number of carbonyl (C=O) groups excluding carboxylic acids is 1. The molecule has 1 unspecified atom stereocenters. The summed E-state index contributed by atoms with van der Waals surface area (Å²) < 4.78 is 56.0. The number of halogens is 1. The number of furan rings is 1. The van der Waals surface area contributed by atoms with Gasteiger partial charge in [0.15, 0.2) is 9.84 Å². The van der Waals surface area contributed by atoms with E-state index in [1.165, 1.54) is 57.1 Å². The van der Waals surface area contributed by atoms with E-state index >= 15 is 0 Å².